The molecule has 1 N–H and O–H groups in total. The van der Waals surface area contributed by atoms with E-state index in [1.807, 2.05) is 0 Å². The number of anilines is 2. The quantitative estimate of drug-likeness (QED) is 0.889. The molecule has 19 heavy (non-hydrogen) atoms. The predicted octanol–water partition coefficient (Wildman–Crippen LogP) is 1.28. The molecule has 0 spiro atoms. The summed E-state index contributed by atoms with van der Waals surface area (Å²) in [5.41, 5.74) is 0. The van der Waals surface area contributed by atoms with Crippen molar-refractivity contribution in [2.45, 2.75) is 32.2 Å². The van der Waals surface area contributed by atoms with Gasteiger partial charge in [0.2, 0.25) is 0 Å². The lowest BCUT2D eigenvalue weighted by atomic mass is 10.2. The summed E-state index contributed by atoms with van der Waals surface area (Å²) in [5.74, 6) is 2.73. The van der Waals surface area contributed by atoms with E-state index in [1.165, 1.54) is 6.42 Å². The maximum absolute atomic E-state index is 9.42. The van der Waals surface area contributed by atoms with Crippen LogP contribution >= 0.6 is 0 Å². The Bertz CT molecular complexity index is 439. The minimum atomic E-state index is 0.208. The minimum Gasteiger partial charge on any atom is -0.394 e. The fourth-order valence-corrected chi connectivity index (χ4v) is 3.14. The van der Waals surface area contributed by atoms with Crippen LogP contribution < -0.4 is 9.80 Å². The zero-order valence-corrected chi connectivity index (χ0v) is 11.5. The molecule has 0 bridgehead atoms. The van der Waals surface area contributed by atoms with Crippen molar-refractivity contribution in [2.75, 3.05) is 36.0 Å². The molecule has 0 radical (unpaired) electrons. The third-order valence-corrected chi connectivity index (χ3v) is 4.27. The van der Waals surface area contributed by atoms with E-state index in [9.17, 15) is 5.11 Å². The molecular weight excluding hydrogens is 240 g/mol. The minimum absolute atomic E-state index is 0.208. The number of aromatic nitrogens is 2. The topological polar surface area (TPSA) is 52.5 Å². The first-order chi connectivity index (χ1) is 9.28. The third-order valence-electron chi connectivity index (χ3n) is 4.27. The van der Waals surface area contributed by atoms with E-state index in [0.29, 0.717) is 0 Å². The maximum atomic E-state index is 9.42. The van der Waals surface area contributed by atoms with Crippen molar-refractivity contribution in [1.29, 1.82) is 0 Å². The Morgan fingerprint density at radius 2 is 2.11 bits per heavy atom. The zero-order chi connectivity index (χ0) is 13.2. The summed E-state index contributed by atoms with van der Waals surface area (Å²) in [7, 11) is 0. The Morgan fingerprint density at radius 3 is 2.84 bits per heavy atom. The summed E-state index contributed by atoms with van der Waals surface area (Å²) < 4.78 is 0. The van der Waals surface area contributed by atoms with E-state index in [4.69, 9.17) is 0 Å². The molecule has 5 nitrogen and oxygen atoms in total. The highest BCUT2D eigenvalue weighted by molar-refractivity contribution is 5.51. The van der Waals surface area contributed by atoms with E-state index >= 15 is 0 Å². The van der Waals surface area contributed by atoms with E-state index in [1.54, 1.807) is 6.33 Å². The molecule has 2 aliphatic rings. The van der Waals surface area contributed by atoms with Gasteiger partial charge in [0.05, 0.1) is 12.6 Å². The second-order valence-electron chi connectivity index (χ2n) is 5.75. The van der Waals surface area contributed by atoms with Crippen LogP contribution in [0.15, 0.2) is 12.4 Å². The van der Waals surface area contributed by atoms with Crippen molar-refractivity contribution in [3.63, 3.8) is 0 Å². The van der Waals surface area contributed by atoms with Crippen LogP contribution in [-0.4, -0.2) is 47.4 Å². The summed E-state index contributed by atoms with van der Waals surface area (Å²) >= 11 is 0. The Hall–Kier alpha value is -1.36. The average molecular weight is 262 g/mol. The predicted molar refractivity (Wildman–Crippen MR) is 75.5 cm³/mol. The summed E-state index contributed by atoms with van der Waals surface area (Å²) in [4.78, 5) is 13.3. The first-order valence-corrected chi connectivity index (χ1v) is 7.22. The molecule has 0 aliphatic carbocycles. The Labute approximate surface area is 114 Å². The maximum Gasteiger partial charge on any atom is 0.134 e. The molecule has 2 aliphatic heterocycles. The van der Waals surface area contributed by atoms with E-state index in [0.717, 1.165) is 50.0 Å². The number of aliphatic hydroxyl groups excluding tert-OH is 1. The van der Waals surface area contributed by atoms with Gasteiger partial charge >= 0.3 is 0 Å². The van der Waals surface area contributed by atoms with Gasteiger partial charge in [0.15, 0.2) is 0 Å². The Morgan fingerprint density at radius 1 is 1.26 bits per heavy atom. The van der Waals surface area contributed by atoms with Gasteiger partial charge in [-0.1, -0.05) is 6.92 Å². The van der Waals surface area contributed by atoms with Crippen molar-refractivity contribution in [3.8, 4) is 0 Å². The highest BCUT2D eigenvalue weighted by atomic mass is 16.3. The van der Waals surface area contributed by atoms with Gasteiger partial charge in [0.1, 0.15) is 18.0 Å². The number of aliphatic hydroxyl groups is 1. The summed E-state index contributed by atoms with van der Waals surface area (Å²) in [6.07, 6.45) is 5.07. The highest BCUT2D eigenvalue weighted by Gasteiger charge is 2.26. The van der Waals surface area contributed by atoms with Crippen LogP contribution in [0.2, 0.25) is 0 Å². The molecular formula is C14H22N4O. The molecule has 0 aromatic carbocycles. The standard InChI is InChI=1S/C14H22N4O/c1-11-4-6-17(8-11)13-7-14(16-10-15-13)18-5-2-3-12(18)9-19/h7,10-12,19H,2-6,8-9H2,1H3/t11-,12-/m1/s1. The third kappa shape index (κ3) is 2.52. The first kappa shape index (κ1) is 12.7. The Balaban J connectivity index is 1.79. The molecule has 5 heteroatoms. The van der Waals surface area contributed by atoms with Gasteiger partial charge in [-0.25, -0.2) is 9.97 Å². The van der Waals surface area contributed by atoms with Gasteiger partial charge in [-0.2, -0.15) is 0 Å². The van der Waals surface area contributed by atoms with Crippen LogP contribution in [0.4, 0.5) is 11.6 Å². The number of hydrogen-bond acceptors (Lipinski definition) is 5. The highest BCUT2D eigenvalue weighted by Crippen LogP contribution is 2.27. The van der Waals surface area contributed by atoms with Gasteiger partial charge in [-0.05, 0) is 25.2 Å². The lowest BCUT2D eigenvalue weighted by molar-refractivity contribution is 0.266. The van der Waals surface area contributed by atoms with Crippen LogP contribution in [-0.2, 0) is 0 Å². The molecule has 3 heterocycles. The van der Waals surface area contributed by atoms with E-state index in [-0.39, 0.29) is 12.6 Å². The average Bonchev–Trinajstić information content (AvgIpc) is 3.07. The van der Waals surface area contributed by atoms with Crippen LogP contribution in [0.5, 0.6) is 0 Å². The van der Waals surface area contributed by atoms with Gasteiger partial charge in [-0.15, -0.1) is 0 Å². The zero-order valence-electron chi connectivity index (χ0n) is 11.5. The van der Waals surface area contributed by atoms with Crippen LogP contribution in [0, 0.1) is 5.92 Å². The molecule has 104 valence electrons. The summed E-state index contributed by atoms with van der Waals surface area (Å²) in [5, 5.41) is 9.42. The molecule has 2 fully saturated rings. The normalized spacial score (nSPS) is 27.3. The van der Waals surface area contributed by atoms with Crippen molar-refractivity contribution in [2.24, 2.45) is 5.92 Å². The smallest absolute Gasteiger partial charge is 0.134 e. The number of rotatable bonds is 3. The van der Waals surface area contributed by atoms with Crippen LogP contribution in [0.25, 0.3) is 0 Å². The SMILES string of the molecule is C[C@@H]1CCN(c2cc(N3CCC[C@@H]3CO)ncn2)C1. The summed E-state index contributed by atoms with van der Waals surface area (Å²) in [6, 6.07) is 2.30. The Kier molecular flexibility index (Phi) is 3.55. The van der Waals surface area contributed by atoms with E-state index < -0.39 is 0 Å². The monoisotopic (exact) mass is 262 g/mol. The van der Waals surface area contributed by atoms with Crippen molar-refractivity contribution in [1.82, 2.24) is 9.97 Å². The molecule has 0 amide bonds. The van der Waals surface area contributed by atoms with Gasteiger partial charge < -0.3 is 14.9 Å². The lowest BCUT2D eigenvalue weighted by Gasteiger charge is -2.25. The van der Waals surface area contributed by atoms with Gasteiger partial charge in [0.25, 0.3) is 0 Å². The molecule has 3 rings (SSSR count). The number of nitrogens with zero attached hydrogens (tertiary/aromatic N) is 4. The summed E-state index contributed by atoms with van der Waals surface area (Å²) in [6.45, 7) is 5.64. The van der Waals surface area contributed by atoms with Gasteiger partial charge in [0, 0.05) is 25.7 Å². The van der Waals surface area contributed by atoms with Crippen molar-refractivity contribution < 1.29 is 5.11 Å². The second-order valence-corrected chi connectivity index (χ2v) is 5.75. The van der Waals surface area contributed by atoms with Crippen LogP contribution in [0.3, 0.4) is 0 Å². The lowest BCUT2D eigenvalue weighted by Crippen LogP contribution is -2.33. The first-order valence-electron chi connectivity index (χ1n) is 7.22. The molecule has 1 aromatic rings. The number of hydrogen-bond donors (Lipinski definition) is 1. The largest absolute Gasteiger partial charge is 0.394 e. The molecule has 0 saturated carbocycles. The molecule has 2 saturated heterocycles. The van der Waals surface area contributed by atoms with E-state index in [2.05, 4.69) is 32.8 Å². The molecule has 1 aromatic heterocycles. The van der Waals surface area contributed by atoms with Crippen molar-refractivity contribution in [3.05, 3.63) is 12.4 Å². The van der Waals surface area contributed by atoms with Gasteiger partial charge in [-0.3, -0.25) is 0 Å². The fraction of sp³-hybridized carbons (Fsp3) is 0.714. The fourth-order valence-electron chi connectivity index (χ4n) is 3.14. The molecule has 2 atom stereocenters. The molecule has 0 unspecified atom stereocenters. The second kappa shape index (κ2) is 5.33. The van der Waals surface area contributed by atoms with Crippen molar-refractivity contribution >= 4 is 11.6 Å². The van der Waals surface area contributed by atoms with Crippen LogP contribution in [0.1, 0.15) is 26.2 Å².